The molecule has 0 N–H and O–H groups in total. The Morgan fingerprint density at radius 3 is 2.00 bits per heavy atom. The maximum atomic E-state index is 11.3. The van der Waals surface area contributed by atoms with Crippen LogP contribution in [0.5, 0.6) is 0 Å². The van der Waals surface area contributed by atoms with Crippen LogP contribution in [0, 0.1) is 0 Å². The summed E-state index contributed by atoms with van der Waals surface area (Å²) < 4.78 is 38.0. The van der Waals surface area contributed by atoms with Gasteiger partial charge in [0.15, 0.2) is 5.76 Å². The summed E-state index contributed by atoms with van der Waals surface area (Å²) in [6.07, 6.45) is -3.27. The van der Waals surface area contributed by atoms with Crippen LogP contribution < -0.4 is 0 Å². The van der Waals surface area contributed by atoms with Gasteiger partial charge in [0.25, 0.3) is 0 Å². The average molecular weight is 124 g/mol. The highest BCUT2D eigenvalue weighted by Gasteiger charge is 2.38. The van der Waals surface area contributed by atoms with E-state index >= 15 is 0 Å². The molecule has 0 aliphatic carbocycles. The van der Waals surface area contributed by atoms with Crippen LogP contribution in [0.2, 0.25) is 0 Å². The highest BCUT2D eigenvalue weighted by molar-refractivity contribution is 5.07. The van der Waals surface area contributed by atoms with Gasteiger partial charge in [0.05, 0.1) is 0 Å². The molecule has 1 aliphatic heterocycles. The van der Waals surface area contributed by atoms with E-state index in [2.05, 4.69) is 4.74 Å². The predicted molar refractivity (Wildman–Crippen MR) is 20.1 cm³/mol. The van der Waals surface area contributed by atoms with Gasteiger partial charge in [-0.3, -0.25) is 0 Å². The van der Waals surface area contributed by atoms with Gasteiger partial charge in [-0.2, -0.15) is 13.2 Å². The fourth-order valence-electron chi connectivity index (χ4n) is 0.364. The summed E-state index contributed by atoms with van der Waals surface area (Å²) >= 11 is 0. The van der Waals surface area contributed by atoms with Crippen LogP contribution in [-0.4, -0.2) is 12.8 Å². The fraction of sp³-hybridized carbons (Fsp3) is 0.500. The van der Waals surface area contributed by atoms with Crippen LogP contribution in [0.25, 0.3) is 0 Å². The lowest BCUT2D eigenvalue weighted by atomic mass is 10.4. The van der Waals surface area contributed by atoms with Crippen LogP contribution >= 0.6 is 0 Å². The van der Waals surface area contributed by atoms with Crippen LogP contribution in [0.1, 0.15) is 0 Å². The number of halogens is 3. The van der Waals surface area contributed by atoms with Crippen molar-refractivity contribution in [3.05, 3.63) is 11.8 Å². The molecule has 46 valence electrons. The van der Waals surface area contributed by atoms with Gasteiger partial charge in [-0.15, -0.1) is 0 Å². The van der Waals surface area contributed by atoms with Gasteiger partial charge in [-0.05, 0) is 0 Å². The Labute approximate surface area is 43.7 Å². The molecule has 0 spiro atoms. The van der Waals surface area contributed by atoms with Crippen molar-refractivity contribution < 1.29 is 17.9 Å². The molecule has 8 heavy (non-hydrogen) atoms. The monoisotopic (exact) mass is 124 g/mol. The second kappa shape index (κ2) is 1.40. The molecule has 0 saturated carbocycles. The Morgan fingerprint density at radius 1 is 1.50 bits per heavy atom. The molecule has 1 aliphatic rings. The average Bonchev–Trinajstić information content (AvgIpc) is 1.16. The molecule has 0 bridgehead atoms. The van der Waals surface area contributed by atoms with E-state index in [4.69, 9.17) is 0 Å². The lowest BCUT2D eigenvalue weighted by Crippen LogP contribution is -2.21. The molecule has 0 unspecified atom stereocenters. The van der Waals surface area contributed by atoms with E-state index in [1.807, 2.05) is 0 Å². The van der Waals surface area contributed by atoms with Gasteiger partial charge >= 0.3 is 6.18 Å². The SMILES string of the molecule is FC(F)(F)C1=CCO1. The maximum Gasteiger partial charge on any atom is 0.448 e. The summed E-state index contributed by atoms with van der Waals surface area (Å²) in [4.78, 5) is 0. The Hall–Kier alpha value is -0.670. The summed E-state index contributed by atoms with van der Waals surface area (Å²) in [5.41, 5.74) is 0. The molecule has 1 nitrogen and oxygen atoms in total. The van der Waals surface area contributed by atoms with Gasteiger partial charge in [-0.25, -0.2) is 0 Å². The first-order chi connectivity index (χ1) is 3.61. The third-order valence-corrected chi connectivity index (χ3v) is 0.787. The maximum absolute atomic E-state index is 11.3. The number of hydrogen-bond donors (Lipinski definition) is 0. The quantitative estimate of drug-likeness (QED) is 0.475. The predicted octanol–water partition coefficient (Wildman–Crippen LogP) is 1.46. The van der Waals surface area contributed by atoms with Gasteiger partial charge in [-0.1, -0.05) is 0 Å². The minimum Gasteiger partial charge on any atom is -0.485 e. The Balaban J connectivity index is 2.59. The molecule has 0 aromatic carbocycles. The molecular formula is C4H3F3O. The van der Waals surface area contributed by atoms with Crippen LogP contribution in [0.3, 0.4) is 0 Å². The van der Waals surface area contributed by atoms with Crippen molar-refractivity contribution >= 4 is 0 Å². The van der Waals surface area contributed by atoms with E-state index in [-0.39, 0.29) is 6.61 Å². The lowest BCUT2D eigenvalue weighted by molar-refractivity contribution is -0.139. The van der Waals surface area contributed by atoms with E-state index in [0.717, 1.165) is 6.08 Å². The Kier molecular flexibility index (Phi) is 0.957. The largest absolute Gasteiger partial charge is 0.485 e. The molecule has 0 aromatic heterocycles. The van der Waals surface area contributed by atoms with Gasteiger partial charge in [0, 0.05) is 6.08 Å². The van der Waals surface area contributed by atoms with E-state index in [0.29, 0.717) is 0 Å². The zero-order chi connectivity index (χ0) is 6.20. The van der Waals surface area contributed by atoms with E-state index in [1.165, 1.54) is 0 Å². The number of hydrogen-bond acceptors (Lipinski definition) is 1. The molecule has 0 aromatic rings. The van der Waals surface area contributed by atoms with Gasteiger partial charge < -0.3 is 4.74 Å². The number of rotatable bonds is 0. The summed E-state index contributed by atoms with van der Waals surface area (Å²) in [7, 11) is 0. The smallest absolute Gasteiger partial charge is 0.448 e. The van der Waals surface area contributed by atoms with Crippen LogP contribution in [0.15, 0.2) is 11.8 Å². The first-order valence-electron chi connectivity index (χ1n) is 2.01. The second-order valence-electron chi connectivity index (χ2n) is 1.38. The molecule has 1 rings (SSSR count). The zero-order valence-corrected chi connectivity index (χ0v) is 3.83. The zero-order valence-electron chi connectivity index (χ0n) is 3.83. The summed E-state index contributed by atoms with van der Waals surface area (Å²) in [5, 5.41) is 0. The van der Waals surface area contributed by atoms with Gasteiger partial charge in [0.1, 0.15) is 6.61 Å². The number of alkyl halides is 3. The molecule has 0 atom stereocenters. The van der Waals surface area contributed by atoms with Gasteiger partial charge in [0.2, 0.25) is 0 Å². The number of ether oxygens (including phenoxy) is 1. The summed E-state index contributed by atoms with van der Waals surface area (Å²) in [6.45, 7) is 0.0921. The normalized spacial score (nSPS) is 18.6. The number of allylic oxidation sites excluding steroid dienone is 1. The van der Waals surface area contributed by atoms with Crippen LogP contribution in [0.4, 0.5) is 13.2 Å². The Morgan fingerprint density at radius 2 is 2.00 bits per heavy atom. The van der Waals surface area contributed by atoms with Crippen molar-refractivity contribution in [3.63, 3.8) is 0 Å². The molecule has 1 heterocycles. The summed E-state index contributed by atoms with van der Waals surface area (Å²) in [5.74, 6) is -0.863. The first-order valence-corrected chi connectivity index (χ1v) is 2.01. The molecule has 0 saturated heterocycles. The van der Waals surface area contributed by atoms with Crippen molar-refractivity contribution in [2.24, 2.45) is 0 Å². The Bertz CT molecular complexity index is 124. The van der Waals surface area contributed by atoms with Crippen molar-refractivity contribution in [2.45, 2.75) is 6.18 Å². The van der Waals surface area contributed by atoms with Crippen LogP contribution in [-0.2, 0) is 4.74 Å². The lowest BCUT2D eigenvalue weighted by Gasteiger charge is -2.18. The highest BCUT2D eigenvalue weighted by atomic mass is 19.4. The molecular weight excluding hydrogens is 121 g/mol. The van der Waals surface area contributed by atoms with Crippen molar-refractivity contribution in [3.8, 4) is 0 Å². The van der Waals surface area contributed by atoms with E-state index < -0.39 is 11.9 Å². The standard InChI is InChI=1S/C4H3F3O/c5-4(6,7)3-1-2-8-3/h1H,2H2. The van der Waals surface area contributed by atoms with Crippen molar-refractivity contribution in [1.82, 2.24) is 0 Å². The summed E-state index contributed by atoms with van der Waals surface area (Å²) in [6, 6.07) is 0. The first kappa shape index (κ1) is 5.47. The topological polar surface area (TPSA) is 9.23 Å². The fourth-order valence-corrected chi connectivity index (χ4v) is 0.364. The third kappa shape index (κ3) is 0.778. The molecule has 0 amide bonds. The highest BCUT2D eigenvalue weighted by Crippen LogP contribution is 2.29. The minimum atomic E-state index is -4.27. The van der Waals surface area contributed by atoms with E-state index in [1.54, 1.807) is 0 Å². The van der Waals surface area contributed by atoms with Crippen molar-refractivity contribution in [2.75, 3.05) is 6.61 Å². The second-order valence-corrected chi connectivity index (χ2v) is 1.38. The minimum absolute atomic E-state index is 0.0921. The molecule has 0 fully saturated rings. The van der Waals surface area contributed by atoms with E-state index in [9.17, 15) is 13.2 Å². The van der Waals surface area contributed by atoms with Crippen molar-refractivity contribution in [1.29, 1.82) is 0 Å². The molecule has 4 heteroatoms. The molecule has 0 radical (unpaired) electrons. The third-order valence-electron chi connectivity index (χ3n) is 0.787.